The minimum absolute atomic E-state index is 0.177. The monoisotopic (exact) mass is 218 g/mol. The molecule has 0 radical (unpaired) electrons. The summed E-state index contributed by atoms with van der Waals surface area (Å²) in [5.41, 5.74) is 0.197. The predicted octanol–water partition coefficient (Wildman–Crippen LogP) is 1.98. The Morgan fingerprint density at radius 1 is 1.38 bits per heavy atom. The molecule has 1 heterocycles. The molecule has 0 saturated carbocycles. The number of fused-ring (bicyclic) bond motifs is 1. The molecule has 0 fully saturated rings. The average Bonchev–Trinajstić information content (AvgIpc) is 2.28. The van der Waals surface area contributed by atoms with Gasteiger partial charge in [0.25, 0.3) is 0 Å². The van der Waals surface area contributed by atoms with Gasteiger partial charge in [-0.15, -0.1) is 0 Å². The third-order valence-corrected chi connectivity index (χ3v) is 2.45. The van der Waals surface area contributed by atoms with Crippen LogP contribution in [-0.2, 0) is 4.79 Å². The lowest BCUT2D eigenvalue weighted by molar-refractivity contribution is -0.138. The van der Waals surface area contributed by atoms with Crippen LogP contribution in [0.4, 0.5) is 0 Å². The van der Waals surface area contributed by atoms with Crippen molar-refractivity contribution >= 4 is 16.9 Å². The molecule has 2 aromatic rings. The van der Waals surface area contributed by atoms with Crippen LogP contribution in [0.2, 0.25) is 0 Å². The van der Waals surface area contributed by atoms with Crippen molar-refractivity contribution in [3.05, 3.63) is 46.3 Å². The number of hydrogen-bond donors (Lipinski definition) is 1. The van der Waals surface area contributed by atoms with Gasteiger partial charge >= 0.3 is 5.97 Å². The van der Waals surface area contributed by atoms with E-state index in [4.69, 9.17) is 9.52 Å². The Kier molecular flexibility index (Phi) is 2.48. The molecule has 4 heteroatoms. The van der Waals surface area contributed by atoms with E-state index < -0.39 is 11.9 Å². The maximum absolute atomic E-state index is 11.7. The van der Waals surface area contributed by atoms with Crippen molar-refractivity contribution < 1.29 is 14.3 Å². The third kappa shape index (κ3) is 1.69. The van der Waals surface area contributed by atoms with Crippen molar-refractivity contribution in [1.29, 1.82) is 0 Å². The van der Waals surface area contributed by atoms with Gasteiger partial charge < -0.3 is 9.52 Å². The molecule has 0 aliphatic heterocycles. The summed E-state index contributed by atoms with van der Waals surface area (Å²) in [5.74, 6) is -1.66. The van der Waals surface area contributed by atoms with Crippen LogP contribution in [-0.4, -0.2) is 11.1 Å². The second-order valence-corrected chi connectivity index (χ2v) is 3.57. The fourth-order valence-corrected chi connectivity index (χ4v) is 1.46. The van der Waals surface area contributed by atoms with Crippen LogP contribution in [0.25, 0.3) is 11.0 Å². The second-order valence-electron chi connectivity index (χ2n) is 3.57. The van der Waals surface area contributed by atoms with Crippen molar-refractivity contribution in [3.8, 4) is 0 Å². The first-order valence-electron chi connectivity index (χ1n) is 4.85. The standard InChI is InChI=1S/C12H10O4/c1-7(12(14)15)11-6-9(13)8-4-2-3-5-10(8)16-11/h2-7H,1H3,(H,14,15). The number of rotatable bonds is 2. The summed E-state index contributed by atoms with van der Waals surface area (Å²) in [7, 11) is 0. The van der Waals surface area contributed by atoms with Crippen molar-refractivity contribution in [2.75, 3.05) is 0 Å². The highest BCUT2D eigenvalue weighted by atomic mass is 16.4. The smallest absolute Gasteiger partial charge is 0.313 e. The minimum atomic E-state index is -1.02. The van der Waals surface area contributed by atoms with Crippen LogP contribution in [0.15, 0.2) is 39.5 Å². The van der Waals surface area contributed by atoms with Crippen molar-refractivity contribution in [2.24, 2.45) is 0 Å². The summed E-state index contributed by atoms with van der Waals surface area (Å²) in [6.07, 6.45) is 0. The van der Waals surface area contributed by atoms with Crippen molar-refractivity contribution in [3.63, 3.8) is 0 Å². The Labute approximate surface area is 91.1 Å². The second kappa shape index (κ2) is 3.81. The predicted molar refractivity (Wildman–Crippen MR) is 58.5 cm³/mol. The molecular formula is C12H10O4. The molecule has 16 heavy (non-hydrogen) atoms. The molecule has 4 nitrogen and oxygen atoms in total. The largest absolute Gasteiger partial charge is 0.481 e. The summed E-state index contributed by atoms with van der Waals surface area (Å²) >= 11 is 0. The molecule has 0 bridgehead atoms. The number of benzene rings is 1. The molecule has 0 spiro atoms. The van der Waals surface area contributed by atoms with Gasteiger partial charge in [-0.25, -0.2) is 0 Å². The molecule has 82 valence electrons. The summed E-state index contributed by atoms with van der Waals surface area (Å²) in [6, 6.07) is 8.01. The van der Waals surface area contributed by atoms with E-state index in [2.05, 4.69) is 0 Å². The highest BCUT2D eigenvalue weighted by Gasteiger charge is 2.17. The average molecular weight is 218 g/mol. The zero-order chi connectivity index (χ0) is 11.7. The van der Waals surface area contributed by atoms with Gasteiger partial charge in [0.05, 0.1) is 5.39 Å². The number of carboxylic acid groups (broad SMARTS) is 1. The van der Waals surface area contributed by atoms with E-state index in [9.17, 15) is 9.59 Å². The lowest BCUT2D eigenvalue weighted by Gasteiger charge is -2.05. The van der Waals surface area contributed by atoms with Crippen LogP contribution in [0.1, 0.15) is 18.6 Å². The minimum Gasteiger partial charge on any atom is -0.481 e. The van der Waals surface area contributed by atoms with Crippen LogP contribution in [0, 0.1) is 0 Å². The van der Waals surface area contributed by atoms with E-state index in [1.165, 1.54) is 13.0 Å². The van der Waals surface area contributed by atoms with Gasteiger partial charge in [0.1, 0.15) is 17.3 Å². The van der Waals surface area contributed by atoms with Gasteiger partial charge in [-0.2, -0.15) is 0 Å². The lowest BCUT2D eigenvalue weighted by atomic mass is 10.1. The summed E-state index contributed by atoms with van der Waals surface area (Å²) in [4.78, 5) is 22.5. The number of aliphatic carboxylic acids is 1. The van der Waals surface area contributed by atoms with Crippen LogP contribution < -0.4 is 5.43 Å². The fraction of sp³-hybridized carbons (Fsp3) is 0.167. The molecule has 0 aliphatic rings. The van der Waals surface area contributed by atoms with E-state index in [-0.39, 0.29) is 11.2 Å². The number of carbonyl (C=O) groups is 1. The first-order chi connectivity index (χ1) is 7.59. The van der Waals surface area contributed by atoms with E-state index >= 15 is 0 Å². The fourth-order valence-electron chi connectivity index (χ4n) is 1.46. The maximum Gasteiger partial charge on any atom is 0.313 e. The Hall–Kier alpha value is -2.10. The van der Waals surface area contributed by atoms with Gasteiger partial charge in [0.2, 0.25) is 0 Å². The van der Waals surface area contributed by atoms with E-state index in [0.717, 1.165) is 0 Å². The molecule has 1 aromatic carbocycles. The third-order valence-electron chi connectivity index (χ3n) is 2.45. The summed E-state index contributed by atoms with van der Waals surface area (Å²) in [6.45, 7) is 1.48. The Balaban J connectivity index is 2.67. The first-order valence-corrected chi connectivity index (χ1v) is 4.85. The van der Waals surface area contributed by atoms with Crippen LogP contribution >= 0.6 is 0 Å². The van der Waals surface area contributed by atoms with Crippen molar-refractivity contribution in [2.45, 2.75) is 12.8 Å². The topological polar surface area (TPSA) is 67.5 Å². The van der Waals surface area contributed by atoms with Gasteiger partial charge in [0.15, 0.2) is 5.43 Å². The Bertz CT molecular complexity index is 597. The van der Waals surface area contributed by atoms with E-state index in [1.807, 2.05) is 0 Å². The zero-order valence-corrected chi connectivity index (χ0v) is 8.64. The zero-order valence-electron chi connectivity index (χ0n) is 8.64. The molecule has 0 saturated heterocycles. The quantitative estimate of drug-likeness (QED) is 0.836. The number of hydrogen-bond acceptors (Lipinski definition) is 3. The van der Waals surface area contributed by atoms with E-state index in [1.54, 1.807) is 24.3 Å². The first kappa shape index (κ1) is 10.4. The summed E-state index contributed by atoms with van der Waals surface area (Å²) < 4.78 is 5.38. The highest BCUT2D eigenvalue weighted by Crippen LogP contribution is 2.18. The normalized spacial score (nSPS) is 12.6. The SMILES string of the molecule is CC(C(=O)O)c1cc(=O)c2ccccc2o1. The maximum atomic E-state index is 11.7. The Morgan fingerprint density at radius 3 is 2.75 bits per heavy atom. The highest BCUT2D eigenvalue weighted by molar-refractivity contribution is 5.78. The van der Waals surface area contributed by atoms with Crippen LogP contribution in [0.3, 0.4) is 0 Å². The molecule has 1 atom stereocenters. The number of para-hydroxylation sites is 1. The molecular weight excluding hydrogens is 208 g/mol. The molecule has 1 N–H and O–H groups in total. The molecule has 0 amide bonds. The summed E-state index contributed by atoms with van der Waals surface area (Å²) in [5, 5.41) is 9.30. The molecule has 1 aromatic heterocycles. The van der Waals surface area contributed by atoms with Gasteiger partial charge in [-0.3, -0.25) is 9.59 Å². The molecule has 1 unspecified atom stereocenters. The van der Waals surface area contributed by atoms with Gasteiger partial charge in [0, 0.05) is 6.07 Å². The van der Waals surface area contributed by atoms with E-state index in [0.29, 0.717) is 11.0 Å². The van der Waals surface area contributed by atoms with Crippen molar-refractivity contribution in [1.82, 2.24) is 0 Å². The molecule has 2 rings (SSSR count). The van der Waals surface area contributed by atoms with Crippen LogP contribution in [0.5, 0.6) is 0 Å². The number of carboxylic acids is 1. The van der Waals surface area contributed by atoms with Gasteiger partial charge in [-0.05, 0) is 19.1 Å². The van der Waals surface area contributed by atoms with Gasteiger partial charge in [-0.1, -0.05) is 12.1 Å². The lowest BCUT2D eigenvalue weighted by Crippen LogP contribution is -2.11. The Morgan fingerprint density at radius 2 is 2.06 bits per heavy atom. The molecule has 0 aliphatic carbocycles.